The van der Waals surface area contributed by atoms with Crippen molar-refractivity contribution in [2.45, 2.75) is 26.4 Å². The molecule has 8 heteroatoms. The molecule has 3 N–H and O–H groups in total. The average molecular weight is 474 g/mol. The van der Waals surface area contributed by atoms with Gasteiger partial charge in [-0.05, 0) is 59.0 Å². The first-order valence-electron chi connectivity index (χ1n) is 11.3. The second kappa shape index (κ2) is 9.89. The molecule has 1 aliphatic rings. The van der Waals surface area contributed by atoms with Crippen LogP contribution in [-0.2, 0) is 11.3 Å². The van der Waals surface area contributed by atoms with Crippen molar-refractivity contribution in [3.05, 3.63) is 77.9 Å². The number of aliphatic carboxylic acids is 1. The number of carbonyl (C=O) groups excluding carboxylic acids is 2. The van der Waals surface area contributed by atoms with E-state index in [9.17, 15) is 19.5 Å². The quantitative estimate of drug-likeness (QED) is 0.444. The molecule has 3 aromatic rings. The molecule has 0 saturated carbocycles. The Hall–Kier alpha value is -4.33. The number of hydrogen-bond acceptors (Lipinski definition) is 4. The molecule has 1 aliphatic heterocycles. The minimum absolute atomic E-state index is 0.202. The number of carboxylic acids is 1. The van der Waals surface area contributed by atoms with Gasteiger partial charge in [0.1, 0.15) is 11.8 Å². The number of nitrogens with one attached hydrogen (secondary N) is 2. The zero-order chi connectivity index (χ0) is 25.1. The Labute approximate surface area is 203 Å². The number of hydrogen-bond donors (Lipinski definition) is 3. The Kier molecular flexibility index (Phi) is 6.73. The molecule has 1 atom stereocenters. The Morgan fingerprint density at radius 2 is 1.63 bits per heavy atom. The summed E-state index contributed by atoms with van der Waals surface area (Å²) in [5, 5.41) is 15.2. The van der Waals surface area contributed by atoms with Crippen LogP contribution in [0.3, 0.4) is 0 Å². The number of rotatable bonds is 7. The second-order valence-corrected chi connectivity index (χ2v) is 8.72. The Balaban J connectivity index is 1.45. The van der Waals surface area contributed by atoms with Crippen LogP contribution < -0.4 is 15.4 Å². The molecule has 0 aromatic heterocycles. The van der Waals surface area contributed by atoms with Crippen LogP contribution in [0, 0.1) is 5.92 Å². The molecule has 0 fully saturated rings. The highest BCUT2D eigenvalue weighted by molar-refractivity contribution is 6.01. The summed E-state index contributed by atoms with van der Waals surface area (Å²) in [5.74, 6) is -0.811. The van der Waals surface area contributed by atoms with Crippen molar-refractivity contribution in [3.63, 3.8) is 0 Å². The lowest BCUT2D eigenvalue weighted by Gasteiger charge is -2.27. The van der Waals surface area contributed by atoms with E-state index >= 15 is 0 Å². The van der Waals surface area contributed by atoms with E-state index in [2.05, 4.69) is 10.6 Å². The molecule has 0 aliphatic carbocycles. The summed E-state index contributed by atoms with van der Waals surface area (Å²) in [5.41, 5.74) is 4.39. The van der Waals surface area contributed by atoms with Crippen LogP contribution in [0.25, 0.3) is 11.1 Å². The van der Waals surface area contributed by atoms with Gasteiger partial charge in [-0.1, -0.05) is 38.1 Å². The molecule has 0 saturated heterocycles. The molecule has 1 heterocycles. The van der Waals surface area contributed by atoms with Crippen molar-refractivity contribution < 1.29 is 24.2 Å². The number of nitrogens with zero attached hydrogens (tertiary/aromatic N) is 1. The van der Waals surface area contributed by atoms with Gasteiger partial charge >= 0.3 is 12.0 Å². The molecule has 0 radical (unpaired) electrons. The van der Waals surface area contributed by atoms with Gasteiger partial charge < -0.3 is 25.4 Å². The van der Waals surface area contributed by atoms with Crippen molar-refractivity contribution in [1.29, 1.82) is 0 Å². The van der Waals surface area contributed by atoms with Gasteiger partial charge in [0.2, 0.25) is 0 Å². The van der Waals surface area contributed by atoms with Crippen LogP contribution in [0.2, 0.25) is 0 Å². The Morgan fingerprint density at radius 1 is 0.943 bits per heavy atom. The summed E-state index contributed by atoms with van der Waals surface area (Å²) < 4.78 is 5.16. The molecule has 4 rings (SSSR count). The molecular weight excluding hydrogens is 446 g/mol. The van der Waals surface area contributed by atoms with E-state index in [0.717, 1.165) is 16.7 Å². The predicted octanol–water partition coefficient (Wildman–Crippen LogP) is 5.07. The summed E-state index contributed by atoms with van der Waals surface area (Å²) >= 11 is 0. The summed E-state index contributed by atoms with van der Waals surface area (Å²) in [7, 11) is 1.56. The number of fused-ring (bicyclic) bond motifs is 1. The largest absolute Gasteiger partial charge is 0.497 e. The maximum absolute atomic E-state index is 12.8. The van der Waals surface area contributed by atoms with E-state index in [0.29, 0.717) is 22.7 Å². The van der Waals surface area contributed by atoms with Crippen LogP contribution in [0.1, 0.15) is 29.8 Å². The average Bonchev–Trinajstić information content (AvgIpc) is 3.14. The third-order valence-electron chi connectivity index (χ3n) is 5.96. The molecule has 8 nitrogen and oxygen atoms in total. The molecular formula is C27H27N3O5. The summed E-state index contributed by atoms with van der Waals surface area (Å²) in [6, 6.07) is 18.7. The third-order valence-corrected chi connectivity index (χ3v) is 5.96. The molecule has 0 bridgehead atoms. The molecule has 0 spiro atoms. The van der Waals surface area contributed by atoms with Crippen LogP contribution >= 0.6 is 0 Å². The topological polar surface area (TPSA) is 108 Å². The van der Waals surface area contributed by atoms with Crippen molar-refractivity contribution in [2.75, 3.05) is 17.7 Å². The van der Waals surface area contributed by atoms with Gasteiger partial charge in [-0.15, -0.1) is 0 Å². The summed E-state index contributed by atoms with van der Waals surface area (Å²) in [6.07, 6.45) is 0. The lowest BCUT2D eigenvalue weighted by molar-refractivity contribution is -0.144. The zero-order valence-corrected chi connectivity index (χ0v) is 19.7. The maximum Gasteiger partial charge on any atom is 0.326 e. The normalized spacial score (nSPS) is 13.4. The van der Waals surface area contributed by atoms with E-state index < -0.39 is 12.0 Å². The summed E-state index contributed by atoms with van der Waals surface area (Å²) in [4.78, 5) is 38.3. The number of benzene rings is 3. The zero-order valence-electron chi connectivity index (χ0n) is 19.7. The van der Waals surface area contributed by atoms with Crippen LogP contribution in [0.5, 0.6) is 5.75 Å². The SMILES string of the molecule is COc1cccc(NC(=O)Nc2ccc(-c3ccc4c(c3)CN([C@H](C(=O)O)C(C)C)C4=O)cc2)c1. The van der Waals surface area contributed by atoms with Gasteiger partial charge in [0.05, 0.1) is 7.11 Å². The van der Waals surface area contributed by atoms with E-state index in [1.165, 1.54) is 4.90 Å². The van der Waals surface area contributed by atoms with Gasteiger partial charge in [-0.25, -0.2) is 9.59 Å². The number of ether oxygens (including phenoxy) is 1. The first kappa shape index (κ1) is 23.8. The monoisotopic (exact) mass is 473 g/mol. The van der Waals surface area contributed by atoms with Gasteiger partial charge in [0, 0.05) is 29.5 Å². The third kappa shape index (κ3) is 5.11. The van der Waals surface area contributed by atoms with Gasteiger partial charge in [0.15, 0.2) is 0 Å². The van der Waals surface area contributed by atoms with E-state index in [-0.39, 0.29) is 24.4 Å². The van der Waals surface area contributed by atoms with Crippen molar-refractivity contribution in [3.8, 4) is 16.9 Å². The maximum atomic E-state index is 12.8. The standard InChI is InChI=1S/C27H27N3O5/c1-16(2)24(26(32)33)30-15-19-13-18(9-12-23(19)25(30)31)17-7-10-20(11-8-17)28-27(34)29-21-5-4-6-22(14-21)35-3/h4-14,16,24H,15H2,1-3H3,(H,32,33)(H2,28,29,34)/t24-/m0/s1. The summed E-state index contributed by atoms with van der Waals surface area (Å²) in [6.45, 7) is 3.86. The highest BCUT2D eigenvalue weighted by Gasteiger charge is 2.38. The minimum Gasteiger partial charge on any atom is -0.497 e. The Morgan fingerprint density at radius 3 is 2.29 bits per heavy atom. The van der Waals surface area contributed by atoms with E-state index in [1.54, 1.807) is 63.4 Å². The molecule has 3 aromatic carbocycles. The first-order valence-corrected chi connectivity index (χ1v) is 11.3. The molecule has 35 heavy (non-hydrogen) atoms. The lowest BCUT2D eigenvalue weighted by Crippen LogP contribution is -2.44. The van der Waals surface area contributed by atoms with Crippen molar-refractivity contribution in [2.24, 2.45) is 5.92 Å². The lowest BCUT2D eigenvalue weighted by atomic mass is 10.0. The van der Waals surface area contributed by atoms with Gasteiger partial charge in [-0.2, -0.15) is 0 Å². The van der Waals surface area contributed by atoms with Crippen molar-refractivity contribution in [1.82, 2.24) is 4.90 Å². The van der Waals surface area contributed by atoms with Crippen molar-refractivity contribution >= 4 is 29.3 Å². The number of methoxy groups -OCH3 is 1. The fourth-order valence-electron chi connectivity index (χ4n) is 4.27. The molecule has 3 amide bonds. The number of carbonyl (C=O) groups is 3. The highest BCUT2D eigenvalue weighted by atomic mass is 16.5. The number of carboxylic acid groups (broad SMARTS) is 1. The predicted molar refractivity (Wildman–Crippen MR) is 134 cm³/mol. The van der Waals surface area contributed by atoms with Gasteiger partial charge in [-0.3, -0.25) is 4.79 Å². The van der Waals surface area contributed by atoms with E-state index in [1.807, 2.05) is 24.3 Å². The van der Waals surface area contributed by atoms with Crippen LogP contribution in [0.4, 0.5) is 16.2 Å². The fourth-order valence-corrected chi connectivity index (χ4v) is 4.27. The fraction of sp³-hybridized carbons (Fsp3) is 0.222. The molecule has 0 unspecified atom stereocenters. The second-order valence-electron chi connectivity index (χ2n) is 8.72. The number of anilines is 2. The minimum atomic E-state index is -1.00. The molecule has 180 valence electrons. The first-order chi connectivity index (χ1) is 16.8. The smallest absolute Gasteiger partial charge is 0.326 e. The Bertz CT molecular complexity index is 1270. The van der Waals surface area contributed by atoms with Gasteiger partial charge in [0.25, 0.3) is 5.91 Å². The van der Waals surface area contributed by atoms with Crippen LogP contribution in [0.15, 0.2) is 66.7 Å². The highest BCUT2D eigenvalue weighted by Crippen LogP contribution is 2.31. The van der Waals surface area contributed by atoms with Crippen LogP contribution in [-0.4, -0.2) is 41.1 Å². The number of amides is 3. The van der Waals surface area contributed by atoms with E-state index in [4.69, 9.17) is 4.74 Å². The number of urea groups is 1.